The first-order valence-corrected chi connectivity index (χ1v) is 10.1. The molecule has 0 aromatic carbocycles. The highest BCUT2D eigenvalue weighted by molar-refractivity contribution is 5.86. The van der Waals surface area contributed by atoms with Gasteiger partial charge in [-0.25, -0.2) is 9.78 Å². The summed E-state index contributed by atoms with van der Waals surface area (Å²) in [5.74, 6) is 2.00. The Balaban J connectivity index is 1.35. The van der Waals surface area contributed by atoms with Crippen LogP contribution in [0.15, 0.2) is 24.5 Å². The van der Waals surface area contributed by atoms with Gasteiger partial charge in [0.05, 0.1) is 11.7 Å². The van der Waals surface area contributed by atoms with Gasteiger partial charge in [0.25, 0.3) is 0 Å². The molecule has 4 rings (SSSR count). The van der Waals surface area contributed by atoms with Gasteiger partial charge in [-0.2, -0.15) is 0 Å². The minimum Gasteiger partial charge on any atom is -0.444 e. The van der Waals surface area contributed by atoms with Crippen molar-refractivity contribution >= 4 is 17.4 Å². The molecule has 1 saturated heterocycles. The fraction of sp³-hybridized carbons (Fsp3) is 0.591. The summed E-state index contributed by atoms with van der Waals surface area (Å²) in [6.45, 7) is 11.0. The van der Waals surface area contributed by atoms with E-state index in [1.54, 1.807) is 4.90 Å². The summed E-state index contributed by atoms with van der Waals surface area (Å²) in [4.78, 5) is 31.4. The van der Waals surface area contributed by atoms with E-state index in [1.165, 1.54) is 5.56 Å². The standard InChI is InChI=1S/C22H29N3O3/c1-13-7-6-8-25-17(13)10-23-20(25)14(2)9-18(26)19-15-11-24(12-16(15)19)21(27)28-22(3,4)5/h6-8,10,14-16,19H,9,11-12H2,1-5H3/t14-,15-,16+,19?/m1/s1. The van der Waals surface area contributed by atoms with Crippen molar-refractivity contribution in [2.45, 2.75) is 52.6 Å². The molecule has 0 radical (unpaired) electrons. The number of carbonyl (C=O) groups excluding carboxylic acids is 2. The molecule has 2 aromatic heterocycles. The third-order valence-electron chi connectivity index (χ3n) is 5.98. The molecular weight excluding hydrogens is 354 g/mol. The number of amides is 1. The SMILES string of the molecule is Cc1cccn2c([C@H](C)CC(=O)C3[C@H]4CN(C(=O)OC(C)(C)C)C[C@@H]34)ncc12. The van der Waals surface area contributed by atoms with Crippen molar-refractivity contribution in [2.24, 2.45) is 17.8 Å². The number of imidazole rings is 1. The highest BCUT2D eigenvalue weighted by atomic mass is 16.6. The van der Waals surface area contributed by atoms with Gasteiger partial charge in [-0.15, -0.1) is 0 Å². The minimum atomic E-state index is -0.486. The Hall–Kier alpha value is -2.37. The largest absolute Gasteiger partial charge is 0.444 e. The van der Waals surface area contributed by atoms with Gasteiger partial charge in [-0.05, 0) is 51.2 Å². The quantitative estimate of drug-likeness (QED) is 0.805. The molecule has 28 heavy (non-hydrogen) atoms. The highest BCUT2D eigenvalue weighted by Crippen LogP contribution is 2.53. The first kappa shape index (κ1) is 19.0. The zero-order valence-electron chi connectivity index (χ0n) is 17.3. The Kier molecular flexibility index (Phi) is 4.47. The number of carbonyl (C=O) groups is 2. The van der Waals surface area contributed by atoms with Crippen LogP contribution < -0.4 is 0 Å². The molecule has 150 valence electrons. The van der Waals surface area contributed by atoms with E-state index < -0.39 is 5.60 Å². The van der Waals surface area contributed by atoms with E-state index in [9.17, 15) is 9.59 Å². The normalized spacial score (nSPS) is 24.9. The van der Waals surface area contributed by atoms with Crippen molar-refractivity contribution in [1.82, 2.24) is 14.3 Å². The lowest BCUT2D eigenvalue weighted by atomic mass is 9.99. The molecule has 4 atom stereocenters. The summed E-state index contributed by atoms with van der Waals surface area (Å²) in [7, 11) is 0. The molecule has 2 fully saturated rings. The Labute approximate surface area is 165 Å². The summed E-state index contributed by atoms with van der Waals surface area (Å²) in [6.07, 6.45) is 4.13. The van der Waals surface area contributed by atoms with Gasteiger partial charge in [0.1, 0.15) is 17.2 Å². The van der Waals surface area contributed by atoms with E-state index in [4.69, 9.17) is 4.74 Å². The average Bonchev–Trinajstić information content (AvgIpc) is 2.96. The summed E-state index contributed by atoms with van der Waals surface area (Å²) in [5.41, 5.74) is 1.78. The fourth-order valence-corrected chi connectivity index (χ4v) is 4.56. The molecular formula is C22H29N3O3. The Morgan fingerprint density at radius 3 is 2.61 bits per heavy atom. The maximum Gasteiger partial charge on any atom is 0.410 e. The number of hydrogen-bond donors (Lipinski definition) is 0. The number of ketones is 1. The lowest BCUT2D eigenvalue weighted by molar-refractivity contribution is -0.121. The second-order valence-corrected chi connectivity index (χ2v) is 9.37. The molecule has 1 unspecified atom stereocenters. The lowest BCUT2D eigenvalue weighted by Gasteiger charge is -2.25. The fourth-order valence-electron chi connectivity index (χ4n) is 4.56. The first-order valence-electron chi connectivity index (χ1n) is 10.1. The maximum atomic E-state index is 12.9. The molecule has 0 spiro atoms. The summed E-state index contributed by atoms with van der Waals surface area (Å²) in [6, 6.07) is 4.08. The topological polar surface area (TPSA) is 63.9 Å². The average molecular weight is 383 g/mol. The molecule has 1 saturated carbocycles. The summed E-state index contributed by atoms with van der Waals surface area (Å²) >= 11 is 0. The second kappa shape index (κ2) is 6.61. The van der Waals surface area contributed by atoms with Gasteiger partial charge in [0.15, 0.2) is 0 Å². The van der Waals surface area contributed by atoms with Crippen LogP contribution in [0.25, 0.3) is 5.52 Å². The molecule has 0 N–H and O–H groups in total. The van der Waals surface area contributed by atoms with E-state index in [0.717, 1.165) is 11.3 Å². The number of piperidine rings is 1. The molecule has 1 amide bonds. The number of hydrogen-bond acceptors (Lipinski definition) is 4. The van der Waals surface area contributed by atoms with Crippen molar-refractivity contribution in [3.8, 4) is 0 Å². The van der Waals surface area contributed by atoms with Crippen LogP contribution in [0.3, 0.4) is 0 Å². The molecule has 6 nitrogen and oxygen atoms in total. The van der Waals surface area contributed by atoms with Gasteiger partial charge in [-0.1, -0.05) is 13.0 Å². The van der Waals surface area contributed by atoms with Crippen molar-refractivity contribution in [1.29, 1.82) is 0 Å². The number of fused-ring (bicyclic) bond motifs is 2. The lowest BCUT2D eigenvalue weighted by Crippen LogP contribution is -2.37. The Morgan fingerprint density at radius 1 is 1.29 bits per heavy atom. The smallest absolute Gasteiger partial charge is 0.410 e. The summed E-state index contributed by atoms with van der Waals surface area (Å²) in [5, 5.41) is 0. The van der Waals surface area contributed by atoms with Crippen LogP contribution in [-0.4, -0.2) is 44.9 Å². The third kappa shape index (κ3) is 3.40. The van der Waals surface area contributed by atoms with E-state index in [1.807, 2.05) is 39.2 Å². The molecule has 0 bridgehead atoms. The number of ether oxygens (including phenoxy) is 1. The van der Waals surface area contributed by atoms with E-state index in [-0.39, 0.29) is 17.9 Å². The number of Topliss-reactive ketones (excluding diaryl/α,β-unsaturated/α-hetero) is 1. The number of pyridine rings is 1. The van der Waals surface area contributed by atoms with Crippen molar-refractivity contribution < 1.29 is 14.3 Å². The van der Waals surface area contributed by atoms with Crippen LogP contribution in [0.1, 0.15) is 51.4 Å². The Bertz CT molecular complexity index is 915. The number of nitrogens with zero attached hydrogens (tertiary/aromatic N) is 3. The van der Waals surface area contributed by atoms with E-state index in [0.29, 0.717) is 37.1 Å². The van der Waals surface area contributed by atoms with Crippen LogP contribution in [0.2, 0.25) is 0 Å². The highest BCUT2D eigenvalue weighted by Gasteiger charge is 2.60. The zero-order chi connectivity index (χ0) is 20.2. The van der Waals surface area contributed by atoms with E-state index >= 15 is 0 Å². The minimum absolute atomic E-state index is 0.0695. The predicted octanol–water partition coefficient (Wildman–Crippen LogP) is 3.82. The first-order chi connectivity index (χ1) is 13.2. The van der Waals surface area contributed by atoms with Gasteiger partial charge in [0, 0.05) is 37.5 Å². The number of aryl methyl sites for hydroxylation is 1. The van der Waals surface area contributed by atoms with Crippen LogP contribution in [0.4, 0.5) is 4.79 Å². The van der Waals surface area contributed by atoms with Crippen molar-refractivity contribution in [2.75, 3.05) is 13.1 Å². The number of aromatic nitrogens is 2. The van der Waals surface area contributed by atoms with E-state index in [2.05, 4.69) is 29.3 Å². The molecule has 2 aliphatic rings. The van der Waals surface area contributed by atoms with Crippen LogP contribution >= 0.6 is 0 Å². The van der Waals surface area contributed by atoms with Gasteiger partial charge >= 0.3 is 6.09 Å². The number of likely N-dealkylation sites (tertiary alicyclic amines) is 1. The predicted molar refractivity (Wildman–Crippen MR) is 106 cm³/mol. The third-order valence-corrected chi connectivity index (χ3v) is 5.98. The van der Waals surface area contributed by atoms with Gasteiger partial charge in [-0.3, -0.25) is 4.79 Å². The van der Waals surface area contributed by atoms with Crippen molar-refractivity contribution in [3.63, 3.8) is 0 Å². The monoisotopic (exact) mass is 383 g/mol. The molecule has 1 aliphatic heterocycles. The summed E-state index contributed by atoms with van der Waals surface area (Å²) < 4.78 is 7.53. The molecule has 3 heterocycles. The molecule has 6 heteroatoms. The molecule has 1 aliphatic carbocycles. The van der Waals surface area contributed by atoms with Gasteiger partial charge < -0.3 is 14.0 Å². The Morgan fingerprint density at radius 2 is 1.96 bits per heavy atom. The van der Waals surface area contributed by atoms with Gasteiger partial charge in [0.2, 0.25) is 0 Å². The van der Waals surface area contributed by atoms with Crippen LogP contribution in [-0.2, 0) is 9.53 Å². The van der Waals surface area contributed by atoms with Crippen LogP contribution in [0.5, 0.6) is 0 Å². The van der Waals surface area contributed by atoms with Crippen molar-refractivity contribution in [3.05, 3.63) is 35.9 Å². The zero-order valence-corrected chi connectivity index (χ0v) is 17.3. The molecule has 2 aromatic rings. The second-order valence-electron chi connectivity index (χ2n) is 9.37. The maximum absolute atomic E-state index is 12.9. The van der Waals surface area contributed by atoms with Crippen LogP contribution in [0, 0.1) is 24.7 Å². The number of rotatable bonds is 4.